The third-order valence-corrected chi connectivity index (χ3v) is 5.45. The van der Waals surface area contributed by atoms with E-state index in [0.717, 1.165) is 27.4 Å². The second-order valence-electron chi connectivity index (χ2n) is 6.80. The number of para-hydroxylation sites is 2. The highest BCUT2D eigenvalue weighted by atomic mass is 32.2. The Bertz CT molecular complexity index is 912. The maximum Gasteiger partial charge on any atom is 0.241 e. The lowest BCUT2D eigenvalue weighted by Gasteiger charge is -2.25. The molecule has 0 bridgehead atoms. The predicted molar refractivity (Wildman–Crippen MR) is 112 cm³/mol. The topological polar surface area (TPSA) is 75.7 Å². The summed E-state index contributed by atoms with van der Waals surface area (Å²) in [7, 11) is -3.60. The fourth-order valence-corrected chi connectivity index (χ4v) is 3.75. The van der Waals surface area contributed by atoms with E-state index in [1.165, 1.54) is 0 Å². The van der Waals surface area contributed by atoms with Gasteiger partial charge in [0.1, 0.15) is 18.9 Å². The SMILES string of the molecule is CCc1ccccc1N(CC(=O)N[C@H](C)COc1ccccc1C)S(C)(=O)=O. The Kier molecular flexibility index (Phi) is 7.45. The minimum Gasteiger partial charge on any atom is -0.491 e. The van der Waals surface area contributed by atoms with Gasteiger partial charge >= 0.3 is 0 Å². The summed E-state index contributed by atoms with van der Waals surface area (Å²) in [4.78, 5) is 12.5. The van der Waals surface area contributed by atoms with E-state index in [-0.39, 0.29) is 18.5 Å². The second kappa shape index (κ2) is 9.59. The summed E-state index contributed by atoms with van der Waals surface area (Å²) in [6, 6.07) is 14.6. The van der Waals surface area contributed by atoms with E-state index < -0.39 is 10.0 Å². The fraction of sp³-hybridized carbons (Fsp3) is 0.381. The molecule has 6 nitrogen and oxygen atoms in total. The highest BCUT2D eigenvalue weighted by Gasteiger charge is 2.23. The lowest BCUT2D eigenvalue weighted by Crippen LogP contribution is -2.45. The Morgan fingerprint density at radius 3 is 2.43 bits per heavy atom. The van der Waals surface area contributed by atoms with E-state index in [9.17, 15) is 13.2 Å². The van der Waals surface area contributed by atoms with Crippen LogP contribution in [0.4, 0.5) is 5.69 Å². The molecule has 0 saturated carbocycles. The molecule has 0 aliphatic carbocycles. The molecule has 0 saturated heterocycles. The molecule has 2 aromatic carbocycles. The van der Waals surface area contributed by atoms with Gasteiger partial charge in [-0.2, -0.15) is 0 Å². The molecule has 2 aromatic rings. The van der Waals surface area contributed by atoms with Crippen LogP contribution in [0.1, 0.15) is 25.0 Å². The summed E-state index contributed by atoms with van der Waals surface area (Å²) in [6.07, 6.45) is 1.78. The number of aryl methyl sites for hydroxylation is 2. The molecule has 1 amide bonds. The number of ether oxygens (including phenoxy) is 1. The largest absolute Gasteiger partial charge is 0.491 e. The zero-order chi connectivity index (χ0) is 20.7. The molecular weight excluding hydrogens is 376 g/mol. The Hall–Kier alpha value is -2.54. The molecule has 0 unspecified atom stereocenters. The number of amides is 1. The number of anilines is 1. The summed E-state index contributed by atoms with van der Waals surface area (Å²) in [5.41, 5.74) is 2.42. The molecule has 0 radical (unpaired) electrons. The van der Waals surface area contributed by atoms with E-state index in [0.29, 0.717) is 18.7 Å². The van der Waals surface area contributed by atoms with Crippen molar-refractivity contribution in [3.63, 3.8) is 0 Å². The highest BCUT2D eigenvalue weighted by Crippen LogP contribution is 2.23. The van der Waals surface area contributed by atoms with Crippen LogP contribution in [0.2, 0.25) is 0 Å². The first-order valence-electron chi connectivity index (χ1n) is 9.25. The molecule has 0 heterocycles. The Morgan fingerprint density at radius 2 is 1.79 bits per heavy atom. The van der Waals surface area contributed by atoms with Crippen molar-refractivity contribution in [2.45, 2.75) is 33.2 Å². The normalized spacial score (nSPS) is 12.3. The van der Waals surface area contributed by atoms with Crippen molar-refractivity contribution in [2.75, 3.05) is 23.7 Å². The van der Waals surface area contributed by atoms with Crippen LogP contribution in [0.3, 0.4) is 0 Å². The van der Waals surface area contributed by atoms with Crippen molar-refractivity contribution in [3.05, 3.63) is 59.7 Å². The Labute approximate surface area is 167 Å². The van der Waals surface area contributed by atoms with Crippen molar-refractivity contribution in [1.82, 2.24) is 5.32 Å². The number of hydrogen-bond donors (Lipinski definition) is 1. The average molecular weight is 405 g/mol. The summed E-state index contributed by atoms with van der Waals surface area (Å²) < 4.78 is 31.5. The zero-order valence-electron chi connectivity index (χ0n) is 16.8. The summed E-state index contributed by atoms with van der Waals surface area (Å²) in [5.74, 6) is 0.385. The molecule has 28 heavy (non-hydrogen) atoms. The second-order valence-corrected chi connectivity index (χ2v) is 8.70. The third kappa shape index (κ3) is 5.99. The van der Waals surface area contributed by atoms with Crippen LogP contribution in [-0.4, -0.2) is 39.8 Å². The van der Waals surface area contributed by atoms with Gasteiger partial charge in [0.25, 0.3) is 0 Å². The van der Waals surface area contributed by atoms with Crippen LogP contribution in [0.15, 0.2) is 48.5 Å². The highest BCUT2D eigenvalue weighted by molar-refractivity contribution is 7.92. The lowest BCUT2D eigenvalue weighted by atomic mass is 10.1. The molecule has 0 aliphatic rings. The van der Waals surface area contributed by atoms with Gasteiger partial charge in [0.05, 0.1) is 18.0 Å². The van der Waals surface area contributed by atoms with Gasteiger partial charge in [-0.15, -0.1) is 0 Å². The van der Waals surface area contributed by atoms with Crippen molar-refractivity contribution in [2.24, 2.45) is 0 Å². The molecule has 152 valence electrons. The first kappa shape index (κ1) is 21.8. The fourth-order valence-electron chi connectivity index (χ4n) is 2.86. The number of benzene rings is 2. The van der Waals surface area contributed by atoms with Crippen LogP contribution in [0, 0.1) is 6.92 Å². The average Bonchev–Trinajstić information content (AvgIpc) is 2.64. The Morgan fingerprint density at radius 1 is 1.14 bits per heavy atom. The molecule has 2 rings (SSSR count). The monoisotopic (exact) mass is 404 g/mol. The number of nitrogens with zero attached hydrogens (tertiary/aromatic N) is 1. The van der Waals surface area contributed by atoms with Gasteiger partial charge in [-0.25, -0.2) is 8.42 Å². The first-order chi connectivity index (χ1) is 13.2. The van der Waals surface area contributed by atoms with E-state index in [4.69, 9.17) is 4.74 Å². The zero-order valence-corrected chi connectivity index (χ0v) is 17.6. The van der Waals surface area contributed by atoms with Gasteiger partial charge < -0.3 is 10.1 Å². The first-order valence-corrected chi connectivity index (χ1v) is 11.1. The molecule has 0 aliphatic heterocycles. The van der Waals surface area contributed by atoms with Crippen LogP contribution in [-0.2, 0) is 21.2 Å². The number of hydrogen-bond acceptors (Lipinski definition) is 4. The number of rotatable bonds is 9. The molecule has 1 N–H and O–H groups in total. The van der Waals surface area contributed by atoms with Gasteiger partial charge in [-0.3, -0.25) is 9.10 Å². The Balaban J connectivity index is 2.03. The van der Waals surface area contributed by atoms with Crippen LogP contribution in [0.5, 0.6) is 5.75 Å². The molecule has 0 fully saturated rings. The van der Waals surface area contributed by atoms with Gasteiger partial charge in [0.15, 0.2) is 0 Å². The maximum atomic E-state index is 12.5. The van der Waals surface area contributed by atoms with Crippen molar-refractivity contribution in [1.29, 1.82) is 0 Å². The molecular formula is C21H28N2O4S. The van der Waals surface area contributed by atoms with Crippen LogP contribution < -0.4 is 14.4 Å². The van der Waals surface area contributed by atoms with E-state index in [2.05, 4.69) is 5.32 Å². The third-order valence-electron chi connectivity index (χ3n) is 4.32. The maximum absolute atomic E-state index is 12.5. The quantitative estimate of drug-likeness (QED) is 0.697. The molecule has 7 heteroatoms. The van der Waals surface area contributed by atoms with Gasteiger partial charge in [-0.05, 0) is 43.5 Å². The number of carbonyl (C=O) groups is 1. The van der Waals surface area contributed by atoms with Crippen LogP contribution in [0.25, 0.3) is 0 Å². The summed E-state index contributed by atoms with van der Waals surface area (Å²) in [6.45, 7) is 5.74. The minimum atomic E-state index is -3.60. The summed E-state index contributed by atoms with van der Waals surface area (Å²) in [5, 5.41) is 2.81. The van der Waals surface area contributed by atoms with Gasteiger partial charge in [0, 0.05) is 0 Å². The van der Waals surface area contributed by atoms with E-state index in [1.54, 1.807) is 12.1 Å². The standard InChI is InChI=1S/C21H28N2O4S/c1-5-18-11-7-8-12-19(18)23(28(4,25)26)14-21(24)22-17(3)15-27-20-13-9-6-10-16(20)2/h6-13,17H,5,14-15H2,1-4H3,(H,22,24)/t17-/m1/s1. The van der Waals surface area contributed by atoms with Crippen LogP contribution >= 0.6 is 0 Å². The number of nitrogens with one attached hydrogen (secondary N) is 1. The molecule has 1 atom stereocenters. The molecule has 0 aromatic heterocycles. The molecule has 0 spiro atoms. The van der Waals surface area contributed by atoms with E-state index >= 15 is 0 Å². The summed E-state index contributed by atoms with van der Waals surface area (Å²) >= 11 is 0. The number of sulfonamides is 1. The number of carbonyl (C=O) groups excluding carboxylic acids is 1. The van der Waals surface area contributed by atoms with Gasteiger partial charge in [-0.1, -0.05) is 43.3 Å². The van der Waals surface area contributed by atoms with Crippen molar-refractivity contribution < 1.29 is 17.9 Å². The van der Waals surface area contributed by atoms with Crippen molar-refractivity contribution >= 4 is 21.6 Å². The smallest absolute Gasteiger partial charge is 0.241 e. The predicted octanol–water partition coefficient (Wildman–Crippen LogP) is 2.91. The van der Waals surface area contributed by atoms with Crippen molar-refractivity contribution in [3.8, 4) is 5.75 Å². The van der Waals surface area contributed by atoms with E-state index in [1.807, 2.05) is 57.2 Å². The minimum absolute atomic E-state index is 0.269. The lowest BCUT2D eigenvalue weighted by molar-refractivity contribution is -0.120. The van der Waals surface area contributed by atoms with Gasteiger partial charge in [0.2, 0.25) is 15.9 Å².